The maximum Gasteiger partial charge on any atom is 0.181 e. The summed E-state index contributed by atoms with van der Waals surface area (Å²) in [5.74, 6) is 0.190. The first-order chi connectivity index (χ1) is 6.05. The van der Waals surface area contributed by atoms with Gasteiger partial charge in [-0.3, -0.25) is 4.79 Å². The van der Waals surface area contributed by atoms with Crippen LogP contribution in [0.4, 0.5) is 0 Å². The van der Waals surface area contributed by atoms with E-state index in [9.17, 15) is 4.79 Å². The molecule has 13 heavy (non-hydrogen) atoms. The molecule has 0 bridgehead atoms. The van der Waals surface area contributed by atoms with Gasteiger partial charge >= 0.3 is 0 Å². The number of carbonyl (C=O) groups is 1. The third kappa shape index (κ3) is 2.83. The second kappa shape index (κ2) is 3.91. The number of allylic oxidation sites excluding steroid dienone is 4. The topological polar surface area (TPSA) is 17.1 Å². The Labute approximate surface area is 80.5 Å². The number of carbonyl (C=O) groups excluding carboxylic acids is 1. The van der Waals surface area contributed by atoms with Crippen molar-refractivity contribution in [2.45, 2.75) is 40.0 Å². The zero-order chi connectivity index (χ0) is 9.90. The van der Waals surface area contributed by atoms with Crippen LogP contribution in [0.5, 0.6) is 0 Å². The highest BCUT2D eigenvalue weighted by Gasteiger charge is 2.22. The van der Waals surface area contributed by atoms with Gasteiger partial charge in [0.2, 0.25) is 0 Å². The van der Waals surface area contributed by atoms with Crippen molar-refractivity contribution >= 4 is 5.78 Å². The van der Waals surface area contributed by atoms with Gasteiger partial charge in [0, 0.05) is 0 Å². The molecule has 0 heterocycles. The molecule has 0 amide bonds. The van der Waals surface area contributed by atoms with Crippen molar-refractivity contribution < 1.29 is 4.79 Å². The zero-order valence-electron chi connectivity index (χ0n) is 8.76. The third-order valence-electron chi connectivity index (χ3n) is 2.47. The molecule has 1 rings (SSSR count). The lowest BCUT2D eigenvalue weighted by molar-refractivity contribution is -0.111. The van der Waals surface area contributed by atoms with E-state index in [2.05, 4.69) is 19.9 Å². The van der Waals surface area contributed by atoms with Gasteiger partial charge in [-0.15, -0.1) is 0 Å². The van der Waals surface area contributed by atoms with Crippen molar-refractivity contribution in [1.29, 1.82) is 0 Å². The van der Waals surface area contributed by atoms with Gasteiger partial charge in [0.15, 0.2) is 5.78 Å². The van der Waals surface area contributed by atoms with E-state index in [0.717, 1.165) is 18.4 Å². The molecule has 0 fully saturated rings. The number of hydrogen-bond donors (Lipinski definition) is 0. The first kappa shape index (κ1) is 10.2. The smallest absolute Gasteiger partial charge is 0.181 e. The Bertz CT molecular complexity index is 256. The SMILES string of the molecule is CC=CC(=O)C1=CC(C)(C)CCC1. The van der Waals surface area contributed by atoms with E-state index in [1.807, 2.05) is 13.0 Å². The van der Waals surface area contributed by atoms with Crippen molar-refractivity contribution in [3.8, 4) is 0 Å². The zero-order valence-corrected chi connectivity index (χ0v) is 8.76. The predicted octanol–water partition coefficient (Wildman–Crippen LogP) is 3.27. The highest BCUT2D eigenvalue weighted by Crippen LogP contribution is 2.33. The minimum absolute atomic E-state index is 0.190. The van der Waals surface area contributed by atoms with Crippen LogP contribution in [0.15, 0.2) is 23.8 Å². The molecular weight excluding hydrogens is 160 g/mol. The molecule has 0 unspecified atom stereocenters. The van der Waals surface area contributed by atoms with Crippen molar-refractivity contribution in [2.75, 3.05) is 0 Å². The van der Waals surface area contributed by atoms with Crippen LogP contribution in [0.3, 0.4) is 0 Å². The van der Waals surface area contributed by atoms with Crippen LogP contribution in [-0.4, -0.2) is 5.78 Å². The van der Waals surface area contributed by atoms with Crippen molar-refractivity contribution in [3.05, 3.63) is 23.8 Å². The van der Waals surface area contributed by atoms with Crippen molar-refractivity contribution in [2.24, 2.45) is 5.41 Å². The average molecular weight is 178 g/mol. The number of ketones is 1. The third-order valence-corrected chi connectivity index (χ3v) is 2.47. The Morgan fingerprint density at radius 1 is 1.54 bits per heavy atom. The second-order valence-electron chi connectivity index (χ2n) is 4.38. The van der Waals surface area contributed by atoms with E-state index in [0.29, 0.717) is 0 Å². The summed E-state index contributed by atoms with van der Waals surface area (Å²) >= 11 is 0. The quantitative estimate of drug-likeness (QED) is 0.593. The number of hydrogen-bond acceptors (Lipinski definition) is 1. The first-order valence-corrected chi connectivity index (χ1v) is 4.94. The fourth-order valence-electron chi connectivity index (χ4n) is 1.80. The lowest BCUT2D eigenvalue weighted by atomic mass is 9.79. The Morgan fingerprint density at radius 3 is 2.77 bits per heavy atom. The van der Waals surface area contributed by atoms with Gasteiger partial charge < -0.3 is 0 Å². The summed E-state index contributed by atoms with van der Waals surface area (Å²) in [4.78, 5) is 11.5. The Kier molecular flexibility index (Phi) is 3.07. The molecule has 72 valence electrons. The maximum atomic E-state index is 11.5. The van der Waals surface area contributed by atoms with Crippen molar-refractivity contribution in [3.63, 3.8) is 0 Å². The van der Waals surface area contributed by atoms with E-state index < -0.39 is 0 Å². The molecule has 0 saturated heterocycles. The average Bonchev–Trinajstić information content (AvgIpc) is 2.03. The summed E-state index contributed by atoms with van der Waals surface area (Å²) < 4.78 is 0. The second-order valence-corrected chi connectivity index (χ2v) is 4.38. The highest BCUT2D eigenvalue weighted by molar-refractivity contribution is 6.04. The summed E-state index contributed by atoms with van der Waals surface area (Å²) in [5.41, 5.74) is 1.21. The highest BCUT2D eigenvalue weighted by atomic mass is 16.1. The van der Waals surface area contributed by atoms with Crippen LogP contribution in [0, 0.1) is 5.41 Å². The summed E-state index contributed by atoms with van der Waals surface area (Å²) in [6, 6.07) is 0. The van der Waals surface area contributed by atoms with Gasteiger partial charge in [0.1, 0.15) is 0 Å². The van der Waals surface area contributed by atoms with Gasteiger partial charge in [-0.2, -0.15) is 0 Å². The lowest BCUT2D eigenvalue weighted by Gasteiger charge is -2.26. The minimum atomic E-state index is 0.190. The molecular formula is C12H18O. The molecule has 1 heteroatoms. The predicted molar refractivity (Wildman–Crippen MR) is 55.5 cm³/mol. The van der Waals surface area contributed by atoms with E-state index >= 15 is 0 Å². The van der Waals surface area contributed by atoms with Crippen LogP contribution in [0.2, 0.25) is 0 Å². The molecule has 0 aromatic carbocycles. The maximum absolute atomic E-state index is 11.5. The molecule has 0 aromatic rings. The molecule has 0 radical (unpaired) electrons. The summed E-state index contributed by atoms with van der Waals surface area (Å²) in [7, 11) is 0. The van der Waals surface area contributed by atoms with Gasteiger partial charge in [0.25, 0.3) is 0 Å². The van der Waals surface area contributed by atoms with Gasteiger partial charge in [-0.1, -0.05) is 26.0 Å². The van der Waals surface area contributed by atoms with Gasteiger partial charge in [-0.05, 0) is 43.3 Å². The monoisotopic (exact) mass is 178 g/mol. The largest absolute Gasteiger partial charge is 0.290 e. The molecule has 0 atom stereocenters. The molecule has 0 aliphatic heterocycles. The van der Waals surface area contributed by atoms with E-state index in [-0.39, 0.29) is 11.2 Å². The molecule has 1 aliphatic rings. The van der Waals surface area contributed by atoms with Crippen LogP contribution in [0.25, 0.3) is 0 Å². The van der Waals surface area contributed by atoms with Gasteiger partial charge in [0.05, 0.1) is 0 Å². The van der Waals surface area contributed by atoms with Crippen LogP contribution >= 0.6 is 0 Å². The normalized spacial score (nSPS) is 21.6. The number of rotatable bonds is 2. The van der Waals surface area contributed by atoms with Gasteiger partial charge in [-0.25, -0.2) is 0 Å². The standard InChI is InChI=1S/C12H18O/c1-4-6-11(13)10-7-5-8-12(2,3)9-10/h4,6,9H,5,7-8H2,1-3H3. The Morgan fingerprint density at radius 2 is 2.23 bits per heavy atom. The van der Waals surface area contributed by atoms with E-state index in [4.69, 9.17) is 0 Å². The summed E-state index contributed by atoms with van der Waals surface area (Å²) in [6.45, 7) is 6.26. The molecule has 0 aromatic heterocycles. The van der Waals surface area contributed by atoms with E-state index in [1.54, 1.807) is 6.08 Å². The van der Waals surface area contributed by atoms with Crippen LogP contribution < -0.4 is 0 Å². The molecule has 1 aliphatic carbocycles. The van der Waals surface area contributed by atoms with Crippen LogP contribution in [0.1, 0.15) is 40.0 Å². The molecule has 0 spiro atoms. The van der Waals surface area contributed by atoms with Crippen LogP contribution in [-0.2, 0) is 4.79 Å². The molecule has 0 saturated carbocycles. The summed E-state index contributed by atoms with van der Waals surface area (Å²) in [5, 5.41) is 0. The molecule has 1 nitrogen and oxygen atoms in total. The van der Waals surface area contributed by atoms with E-state index in [1.165, 1.54) is 6.42 Å². The fourth-order valence-corrected chi connectivity index (χ4v) is 1.80. The Hall–Kier alpha value is -0.850. The minimum Gasteiger partial charge on any atom is -0.290 e. The Balaban J connectivity index is 2.80. The first-order valence-electron chi connectivity index (χ1n) is 4.94. The lowest BCUT2D eigenvalue weighted by Crippen LogP contribution is -2.16. The molecule has 0 N–H and O–H groups in total. The van der Waals surface area contributed by atoms with Crippen molar-refractivity contribution in [1.82, 2.24) is 0 Å². The summed E-state index contributed by atoms with van der Waals surface area (Å²) in [6.07, 6.45) is 8.89. The fraction of sp³-hybridized carbons (Fsp3) is 0.583.